The van der Waals surface area contributed by atoms with Crippen molar-refractivity contribution in [1.82, 2.24) is 9.97 Å². The first-order chi connectivity index (χ1) is 10.4. The molecule has 0 spiro atoms. The Balaban J connectivity index is 2.05. The zero-order valence-corrected chi connectivity index (χ0v) is 11.3. The summed E-state index contributed by atoms with van der Waals surface area (Å²) in [6, 6.07) is 23.2. The minimum atomic E-state index is 1.06. The number of para-hydroxylation sites is 2. The van der Waals surface area contributed by atoms with Crippen molar-refractivity contribution in [2.45, 2.75) is 0 Å². The van der Waals surface area contributed by atoms with Gasteiger partial charge in [-0.05, 0) is 29.7 Å². The van der Waals surface area contributed by atoms with Gasteiger partial charge in [-0.1, -0.05) is 42.5 Å². The van der Waals surface area contributed by atoms with Crippen molar-refractivity contribution in [1.29, 1.82) is 0 Å². The summed E-state index contributed by atoms with van der Waals surface area (Å²) >= 11 is 0. The smallest absolute Gasteiger partial charge is 0.0809 e. The highest BCUT2D eigenvalue weighted by molar-refractivity contribution is 6.17. The maximum Gasteiger partial charge on any atom is 0.0809 e. The molecule has 0 aliphatic rings. The van der Waals surface area contributed by atoms with E-state index in [0.717, 1.165) is 22.1 Å². The number of nitrogens with zero attached hydrogens (tertiary/aromatic N) is 1. The summed E-state index contributed by atoms with van der Waals surface area (Å²) in [5.74, 6) is 0. The van der Waals surface area contributed by atoms with Crippen molar-refractivity contribution in [3.8, 4) is 0 Å². The number of rotatable bonds is 0. The Morgan fingerprint density at radius 1 is 0.667 bits per heavy atom. The molecule has 0 bridgehead atoms. The Morgan fingerprint density at radius 2 is 1.52 bits per heavy atom. The number of pyridine rings is 1. The van der Waals surface area contributed by atoms with E-state index < -0.39 is 0 Å². The number of hydrogen-bond donors (Lipinski definition) is 1. The first-order valence-electron chi connectivity index (χ1n) is 7.09. The summed E-state index contributed by atoms with van der Waals surface area (Å²) in [7, 11) is 0. The van der Waals surface area contributed by atoms with Gasteiger partial charge in [-0.2, -0.15) is 0 Å². The van der Waals surface area contributed by atoms with E-state index >= 15 is 0 Å². The van der Waals surface area contributed by atoms with E-state index in [1.54, 1.807) is 0 Å². The second-order valence-electron chi connectivity index (χ2n) is 5.41. The van der Waals surface area contributed by atoms with Crippen LogP contribution in [0.3, 0.4) is 0 Å². The third-order valence-corrected chi connectivity index (χ3v) is 4.17. The van der Waals surface area contributed by atoms with E-state index in [2.05, 4.69) is 65.6 Å². The molecule has 0 amide bonds. The Morgan fingerprint density at radius 3 is 2.52 bits per heavy atom. The van der Waals surface area contributed by atoms with Gasteiger partial charge >= 0.3 is 0 Å². The van der Waals surface area contributed by atoms with Crippen LogP contribution < -0.4 is 0 Å². The van der Waals surface area contributed by atoms with Gasteiger partial charge in [-0.25, -0.2) is 4.98 Å². The van der Waals surface area contributed by atoms with Crippen molar-refractivity contribution in [2.24, 2.45) is 0 Å². The zero-order chi connectivity index (χ0) is 13.8. The molecule has 0 radical (unpaired) electrons. The lowest BCUT2D eigenvalue weighted by molar-refractivity contribution is 1.49. The van der Waals surface area contributed by atoms with Crippen LogP contribution in [0.15, 0.2) is 66.7 Å². The normalized spacial score (nSPS) is 11.8. The standard InChI is InChI=1S/C19H12N2/c1-3-7-16-12(5-1)11-15-18(20-16)10-9-14-13-6-2-4-8-17(13)21-19(14)15/h1-11,20H. The molecule has 0 atom stereocenters. The topological polar surface area (TPSA) is 28.7 Å². The molecule has 21 heavy (non-hydrogen) atoms. The predicted molar refractivity (Wildman–Crippen MR) is 88.6 cm³/mol. The van der Waals surface area contributed by atoms with Gasteiger partial charge in [0.2, 0.25) is 0 Å². The van der Waals surface area contributed by atoms with Crippen molar-refractivity contribution < 1.29 is 0 Å². The minimum Gasteiger partial charge on any atom is -0.354 e. The first-order valence-corrected chi connectivity index (χ1v) is 7.09. The lowest BCUT2D eigenvalue weighted by atomic mass is 10.1. The molecule has 0 fully saturated rings. The Hall–Kier alpha value is -2.87. The van der Waals surface area contributed by atoms with E-state index in [-0.39, 0.29) is 0 Å². The lowest BCUT2D eigenvalue weighted by Crippen LogP contribution is -1.83. The fraction of sp³-hybridized carbons (Fsp3) is 0. The fourth-order valence-electron chi connectivity index (χ4n) is 3.16. The molecule has 0 unspecified atom stereocenters. The highest BCUT2D eigenvalue weighted by atomic mass is 14.7. The maximum absolute atomic E-state index is 4.83. The minimum absolute atomic E-state index is 1.06. The summed E-state index contributed by atoms with van der Waals surface area (Å²) in [5, 5.41) is 4.84. The summed E-state index contributed by atoms with van der Waals surface area (Å²) in [5.41, 5.74) is 4.42. The van der Waals surface area contributed by atoms with E-state index in [4.69, 9.17) is 4.98 Å². The lowest BCUT2D eigenvalue weighted by Gasteiger charge is -2.04. The molecule has 5 aromatic rings. The van der Waals surface area contributed by atoms with E-state index in [1.807, 2.05) is 6.07 Å². The SMILES string of the molecule is c1ccc2[nH]c3ccc4c5ccccc5nc4c3cc2c1. The molecule has 0 aliphatic heterocycles. The zero-order valence-electron chi connectivity index (χ0n) is 11.3. The highest BCUT2D eigenvalue weighted by Crippen LogP contribution is 2.31. The van der Waals surface area contributed by atoms with Crippen molar-refractivity contribution in [3.63, 3.8) is 0 Å². The van der Waals surface area contributed by atoms with Gasteiger partial charge in [-0.15, -0.1) is 0 Å². The van der Waals surface area contributed by atoms with Gasteiger partial charge in [0.05, 0.1) is 11.0 Å². The van der Waals surface area contributed by atoms with Gasteiger partial charge in [0.25, 0.3) is 0 Å². The summed E-state index contributed by atoms with van der Waals surface area (Å²) in [6.07, 6.45) is 0. The number of fused-ring (bicyclic) bond motifs is 6. The second-order valence-corrected chi connectivity index (χ2v) is 5.41. The predicted octanol–water partition coefficient (Wildman–Crippen LogP) is 5.02. The molecule has 5 rings (SSSR count). The molecule has 3 aromatic carbocycles. The van der Waals surface area contributed by atoms with Crippen molar-refractivity contribution >= 4 is 43.6 Å². The van der Waals surface area contributed by atoms with Gasteiger partial charge in [0.1, 0.15) is 0 Å². The monoisotopic (exact) mass is 268 g/mol. The van der Waals surface area contributed by atoms with E-state index in [0.29, 0.717) is 0 Å². The molecule has 98 valence electrons. The summed E-state index contributed by atoms with van der Waals surface area (Å²) < 4.78 is 0. The fourth-order valence-corrected chi connectivity index (χ4v) is 3.16. The van der Waals surface area contributed by atoms with Gasteiger partial charge in [0.15, 0.2) is 0 Å². The van der Waals surface area contributed by atoms with Crippen LogP contribution in [-0.2, 0) is 0 Å². The van der Waals surface area contributed by atoms with Crippen LogP contribution in [0.1, 0.15) is 0 Å². The number of hydrogen-bond acceptors (Lipinski definition) is 1. The molecule has 2 aromatic heterocycles. The van der Waals surface area contributed by atoms with Crippen LogP contribution >= 0.6 is 0 Å². The van der Waals surface area contributed by atoms with Crippen molar-refractivity contribution in [3.05, 3.63) is 66.7 Å². The largest absolute Gasteiger partial charge is 0.354 e. The molecular formula is C19H12N2. The molecule has 0 saturated carbocycles. The molecule has 2 heteroatoms. The van der Waals surface area contributed by atoms with Crippen LogP contribution in [0.5, 0.6) is 0 Å². The third kappa shape index (κ3) is 1.44. The average molecular weight is 268 g/mol. The molecule has 0 saturated heterocycles. The molecule has 0 aliphatic carbocycles. The highest BCUT2D eigenvalue weighted by Gasteiger charge is 2.09. The quantitative estimate of drug-likeness (QED) is 0.392. The summed E-state index contributed by atoms with van der Waals surface area (Å²) in [6.45, 7) is 0. The number of aromatic nitrogens is 2. The third-order valence-electron chi connectivity index (χ3n) is 4.17. The first kappa shape index (κ1) is 10.9. The number of benzene rings is 3. The molecule has 1 N–H and O–H groups in total. The van der Waals surface area contributed by atoms with Crippen LogP contribution in [0.4, 0.5) is 0 Å². The average Bonchev–Trinajstić information content (AvgIpc) is 2.92. The van der Waals surface area contributed by atoms with E-state index in [1.165, 1.54) is 21.5 Å². The molecular weight excluding hydrogens is 256 g/mol. The van der Waals surface area contributed by atoms with Crippen molar-refractivity contribution in [2.75, 3.05) is 0 Å². The van der Waals surface area contributed by atoms with Crippen LogP contribution in [-0.4, -0.2) is 9.97 Å². The van der Waals surface area contributed by atoms with Gasteiger partial charge in [0, 0.05) is 27.2 Å². The Kier molecular flexibility index (Phi) is 1.98. The second kappa shape index (κ2) is 3.83. The van der Waals surface area contributed by atoms with Crippen LogP contribution in [0, 0.1) is 0 Å². The van der Waals surface area contributed by atoms with E-state index in [9.17, 15) is 0 Å². The van der Waals surface area contributed by atoms with Crippen LogP contribution in [0.2, 0.25) is 0 Å². The summed E-state index contributed by atoms with van der Waals surface area (Å²) in [4.78, 5) is 8.34. The van der Waals surface area contributed by atoms with Crippen LogP contribution in [0.25, 0.3) is 43.6 Å². The number of nitrogens with one attached hydrogen (secondary N) is 1. The number of aromatic amines is 1. The maximum atomic E-state index is 4.83. The van der Waals surface area contributed by atoms with Gasteiger partial charge in [-0.3, -0.25) is 0 Å². The Bertz CT molecular complexity index is 1140. The molecule has 2 heterocycles. The Labute approximate surface area is 121 Å². The van der Waals surface area contributed by atoms with Gasteiger partial charge < -0.3 is 4.98 Å². The number of H-pyrrole nitrogens is 1. The molecule has 2 nitrogen and oxygen atoms in total.